The quantitative estimate of drug-likeness (QED) is 0.282. The smallest absolute Gasteiger partial charge is 0.185 e. The van der Waals surface area contributed by atoms with E-state index in [9.17, 15) is 0 Å². The number of hydrazine groups is 1. The fourth-order valence-corrected chi connectivity index (χ4v) is 2.02. The van der Waals surface area contributed by atoms with Crippen molar-refractivity contribution in [2.75, 3.05) is 13.1 Å². The van der Waals surface area contributed by atoms with Gasteiger partial charge in [-0.2, -0.15) is 0 Å². The van der Waals surface area contributed by atoms with E-state index in [1.165, 1.54) is 38.5 Å². The molecule has 0 radical (unpaired) electrons. The van der Waals surface area contributed by atoms with Crippen LogP contribution in [0.1, 0.15) is 65.2 Å². The molecule has 0 fully saturated rings. The van der Waals surface area contributed by atoms with Crippen LogP contribution in [0, 0.1) is 0 Å². The molecule has 0 aromatic rings. The molecular formula is C14H30N4S2. The third-order valence-electron chi connectivity index (χ3n) is 2.92. The Morgan fingerprint density at radius 3 is 1.40 bits per heavy atom. The molecule has 4 N–H and O–H groups in total. The lowest BCUT2D eigenvalue weighted by Crippen LogP contribution is -2.50. The average Bonchev–Trinajstić information content (AvgIpc) is 2.44. The van der Waals surface area contributed by atoms with Gasteiger partial charge in [0.1, 0.15) is 0 Å². The Morgan fingerprint density at radius 2 is 1.05 bits per heavy atom. The Bertz CT molecular complexity index is 234. The highest BCUT2D eigenvalue weighted by atomic mass is 32.1. The van der Waals surface area contributed by atoms with Gasteiger partial charge >= 0.3 is 0 Å². The largest absolute Gasteiger partial charge is 0.361 e. The number of rotatable bonds is 10. The van der Waals surface area contributed by atoms with E-state index in [2.05, 4.69) is 35.3 Å². The minimum Gasteiger partial charge on any atom is -0.361 e. The predicted octanol–water partition coefficient (Wildman–Crippen LogP) is 2.99. The van der Waals surface area contributed by atoms with Crippen LogP contribution in [0.2, 0.25) is 0 Å². The lowest BCUT2D eigenvalue weighted by atomic mass is 10.2. The molecule has 0 unspecified atom stereocenters. The SMILES string of the molecule is CCCCCCNC(=S)NNC(=S)NCCCCCC. The fraction of sp³-hybridized carbons (Fsp3) is 0.857. The molecule has 0 rings (SSSR count). The van der Waals surface area contributed by atoms with Crippen molar-refractivity contribution in [1.29, 1.82) is 0 Å². The summed E-state index contributed by atoms with van der Waals surface area (Å²) < 4.78 is 0. The van der Waals surface area contributed by atoms with Crippen molar-refractivity contribution in [3.8, 4) is 0 Å². The van der Waals surface area contributed by atoms with Gasteiger partial charge in [-0.15, -0.1) is 0 Å². The molecule has 0 bridgehead atoms. The van der Waals surface area contributed by atoms with Gasteiger partial charge < -0.3 is 10.6 Å². The summed E-state index contributed by atoms with van der Waals surface area (Å²) in [4.78, 5) is 0. The highest BCUT2D eigenvalue weighted by Crippen LogP contribution is 1.97. The van der Waals surface area contributed by atoms with Crippen LogP contribution in [0.4, 0.5) is 0 Å². The first-order valence-corrected chi connectivity index (χ1v) is 8.60. The molecule has 0 saturated heterocycles. The second-order valence-corrected chi connectivity index (χ2v) is 5.70. The molecule has 0 aliphatic carbocycles. The van der Waals surface area contributed by atoms with E-state index in [-0.39, 0.29) is 0 Å². The normalized spacial score (nSPS) is 9.90. The summed E-state index contributed by atoms with van der Waals surface area (Å²) in [5.74, 6) is 0. The third kappa shape index (κ3) is 13.8. The summed E-state index contributed by atoms with van der Waals surface area (Å²) in [7, 11) is 0. The molecule has 0 saturated carbocycles. The van der Waals surface area contributed by atoms with Crippen molar-refractivity contribution in [2.24, 2.45) is 0 Å². The van der Waals surface area contributed by atoms with Gasteiger partial charge in [-0.3, -0.25) is 10.9 Å². The number of unbranched alkanes of at least 4 members (excludes halogenated alkanes) is 6. The summed E-state index contributed by atoms with van der Waals surface area (Å²) >= 11 is 10.3. The van der Waals surface area contributed by atoms with Gasteiger partial charge in [0.15, 0.2) is 10.2 Å². The molecule has 0 spiro atoms. The Hall–Kier alpha value is -0.620. The van der Waals surface area contributed by atoms with E-state index < -0.39 is 0 Å². The maximum absolute atomic E-state index is 5.15. The molecule has 0 aliphatic rings. The number of hydrogen-bond donors (Lipinski definition) is 4. The maximum Gasteiger partial charge on any atom is 0.185 e. The Labute approximate surface area is 134 Å². The van der Waals surface area contributed by atoms with Crippen LogP contribution in [-0.2, 0) is 0 Å². The monoisotopic (exact) mass is 318 g/mol. The maximum atomic E-state index is 5.15. The zero-order chi connectivity index (χ0) is 15.1. The van der Waals surface area contributed by atoms with Gasteiger partial charge in [0, 0.05) is 13.1 Å². The van der Waals surface area contributed by atoms with E-state index in [0.29, 0.717) is 10.2 Å². The van der Waals surface area contributed by atoms with Crippen molar-refractivity contribution in [3.63, 3.8) is 0 Å². The standard InChI is InChI=1S/C14H30N4S2/c1-3-5-7-9-11-15-13(19)17-18-14(20)16-12-10-8-6-4-2/h3-12H2,1-2H3,(H2,15,17,19)(H2,16,18,20). The van der Waals surface area contributed by atoms with E-state index >= 15 is 0 Å². The molecule has 118 valence electrons. The lowest BCUT2D eigenvalue weighted by molar-refractivity contribution is 0.641. The van der Waals surface area contributed by atoms with Crippen LogP contribution in [0.25, 0.3) is 0 Å². The number of thiocarbonyl (C=S) groups is 2. The van der Waals surface area contributed by atoms with Crippen molar-refractivity contribution >= 4 is 34.7 Å². The second-order valence-electron chi connectivity index (χ2n) is 4.88. The van der Waals surface area contributed by atoms with Gasteiger partial charge in [-0.1, -0.05) is 52.4 Å². The molecule has 0 amide bonds. The summed E-state index contributed by atoms with van der Waals surface area (Å²) in [6, 6.07) is 0. The minimum absolute atomic E-state index is 0.594. The second kappa shape index (κ2) is 14.8. The molecule has 20 heavy (non-hydrogen) atoms. The first kappa shape index (κ1) is 19.4. The van der Waals surface area contributed by atoms with Gasteiger partial charge in [0.05, 0.1) is 0 Å². The van der Waals surface area contributed by atoms with E-state index in [4.69, 9.17) is 24.4 Å². The first-order chi connectivity index (χ1) is 9.70. The van der Waals surface area contributed by atoms with Crippen LogP contribution in [0.5, 0.6) is 0 Å². The van der Waals surface area contributed by atoms with Crippen molar-refractivity contribution in [1.82, 2.24) is 21.5 Å². The number of nitrogens with one attached hydrogen (secondary N) is 4. The van der Waals surface area contributed by atoms with Crippen molar-refractivity contribution < 1.29 is 0 Å². The van der Waals surface area contributed by atoms with E-state index in [1.807, 2.05) is 0 Å². The minimum atomic E-state index is 0.594. The molecule has 4 nitrogen and oxygen atoms in total. The van der Waals surface area contributed by atoms with Crippen LogP contribution in [-0.4, -0.2) is 23.3 Å². The third-order valence-corrected chi connectivity index (χ3v) is 3.41. The first-order valence-electron chi connectivity index (χ1n) is 7.78. The van der Waals surface area contributed by atoms with Crippen LogP contribution >= 0.6 is 24.4 Å². The summed E-state index contributed by atoms with van der Waals surface area (Å²) in [5.41, 5.74) is 5.78. The van der Waals surface area contributed by atoms with Gasteiger partial charge in [-0.25, -0.2) is 0 Å². The average molecular weight is 319 g/mol. The molecule has 0 atom stereocenters. The highest BCUT2D eigenvalue weighted by molar-refractivity contribution is 7.80. The van der Waals surface area contributed by atoms with Crippen LogP contribution in [0.15, 0.2) is 0 Å². The van der Waals surface area contributed by atoms with Crippen LogP contribution < -0.4 is 21.5 Å². The zero-order valence-electron chi connectivity index (χ0n) is 12.9. The molecule has 6 heteroatoms. The van der Waals surface area contributed by atoms with Gasteiger partial charge in [-0.05, 0) is 37.3 Å². The zero-order valence-corrected chi connectivity index (χ0v) is 14.5. The summed E-state index contributed by atoms with van der Waals surface area (Å²) in [6.45, 7) is 6.23. The molecule has 0 heterocycles. The van der Waals surface area contributed by atoms with Crippen molar-refractivity contribution in [3.05, 3.63) is 0 Å². The predicted molar refractivity (Wildman–Crippen MR) is 95.8 cm³/mol. The molecular weight excluding hydrogens is 288 g/mol. The summed E-state index contributed by atoms with van der Waals surface area (Å²) in [6.07, 6.45) is 9.86. The Balaban J connectivity index is 3.37. The Morgan fingerprint density at radius 1 is 0.650 bits per heavy atom. The molecule has 0 aromatic heterocycles. The van der Waals surface area contributed by atoms with Gasteiger partial charge in [0.2, 0.25) is 0 Å². The molecule has 0 aromatic carbocycles. The van der Waals surface area contributed by atoms with E-state index in [1.54, 1.807) is 0 Å². The van der Waals surface area contributed by atoms with E-state index in [0.717, 1.165) is 25.9 Å². The summed E-state index contributed by atoms with van der Waals surface area (Å²) in [5, 5.41) is 7.49. The highest BCUT2D eigenvalue weighted by Gasteiger charge is 1.97. The van der Waals surface area contributed by atoms with Gasteiger partial charge in [0.25, 0.3) is 0 Å². The van der Waals surface area contributed by atoms with Crippen LogP contribution in [0.3, 0.4) is 0 Å². The van der Waals surface area contributed by atoms with Crippen molar-refractivity contribution in [2.45, 2.75) is 65.2 Å². The fourth-order valence-electron chi connectivity index (χ4n) is 1.71. The lowest BCUT2D eigenvalue weighted by Gasteiger charge is -2.14. The topological polar surface area (TPSA) is 48.1 Å². The molecule has 0 aliphatic heterocycles. The Kier molecular flexibility index (Phi) is 14.3. The number of hydrogen-bond acceptors (Lipinski definition) is 2.